The van der Waals surface area contributed by atoms with Crippen LogP contribution in [0, 0.1) is 13.8 Å². The first-order chi connectivity index (χ1) is 8.18. The maximum absolute atomic E-state index is 6.40. The van der Waals surface area contributed by atoms with Crippen LogP contribution in [0.1, 0.15) is 36.0 Å². The number of aryl methyl sites for hydroxylation is 2. The van der Waals surface area contributed by atoms with Crippen molar-refractivity contribution in [2.45, 2.75) is 50.8 Å². The fourth-order valence-electron chi connectivity index (χ4n) is 2.64. The van der Waals surface area contributed by atoms with Gasteiger partial charge in [0, 0.05) is 11.3 Å². The minimum absolute atomic E-state index is 0.320. The van der Waals surface area contributed by atoms with E-state index >= 15 is 0 Å². The third-order valence-corrected chi connectivity index (χ3v) is 5.31. The highest BCUT2D eigenvalue weighted by atomic mass is 32.2. The number of hydrogen-bond donors (Lipinski definition) is 1. The van der Waals surface area contributed by atoms with Gasteiger partial charge in [0.2, 0.25) is 0 Å². The van der Waals surface area contributed by atoms with Gasteiger partial charge < -0.3 is 5.73 Å². The summed E-state index contributed by atoms with van der Waals surface area (Å²) >= 11 is 2.08. The van der Waals surface area contributed by atoms with Crippen molar-refractivity contribution in [3.8, 4) is 0 Å². The van der Waals surface area contributed by atoms with Gasteiger partial charge in [0.05, 0.1) is 0 Å². The predicted molar refractivity (Wildman–Crippen MR) is 77.7 cm³/mol. The lowest BCUT2D eigenvalue weighted by molar-refractivity contribution is 0.558. The molecule has 1 fully saturated rings. The average molecular weight is 249 g/mol. The second kappa shape index (κ2) is 5.92. The summed E-state index contributed by atoms with van der Waals surface area (Å²) in [5.74, 6) is 1.30. The van der Waals surface area contributed by atoms with Crippen molar-refractivity contribution in [1.29, 1.82) is 0 Å². The van der Waals surface area contributed by atoms with E-state index in [4.69, 9.17) is 5.73 Å². The minimum atomic E-state index is 0.320. The zero-order valence-corrected chi connectivity index (χ0v) is 11.7. The van der Waals surface area contributed by atoms with Crippen molar-refractivity contribution in [3.05, 3.63) is 34.9 Å². The van der Waals surface area contributed by atoms with Gasteiger partial charge >= 0.3 is 0 Å². The molecule has 0 aliphatic carbocycles. The van der Waals surface area contributed by atoms with Crippen LogP contribution in [0.25, 0.3) is 0 Å². The molecule has 1 aromatic carbocycles. The lowest BCUT2D eigenvalue weighted by atomic mass is 9.94. The largest absolute Gasteiger partial charge is 0.326 e. The maximum atomic E-state index is 6.40. The molecule has 0 bridgehead atoms. The third-order valence-electron chi connectivity index (χ3n) is 3.78. The summed E-state index contributed by atoms with van der Waals surface area (Å²) in [4.78, 5) is 0. The van der Waals surface area contributed by atoms with E-state index in [1.165, 1.54) is 41.7 Å². The molecule has 1 heterocycles. The molecule has 2 atom stereocenters. The summed E-state index contributed by atoms with van der Waals surface area (Å²) in [6, 6.07) is 6.85. The van der Waals surface area contributed by atoms with Crippen molar-refractivity contribution in [2.75, 3.05) is 5.75 Å². The normalized spacial score (nSPS) is 22.4. The van der Waals surface area contributed by atoms with Gasteiger partial charge in [-0.15, -0.1) is 0 Å². The molecule has 2 rings (SSSR count). The Morgan fingerprint density at radius 3 is 2.59 bits per heavy atom. The van der Waals surface area contributed by atoms with Crippen molar-refractivity contribution in [1.82, 2.24) is 0 Å². The van der Waals surface area contributed by atoms with E-state index in [2.05, 4.69) is 43.8 Å². The highest BCUT2D eigenvalue weighted by Gasteiger charge is 2.22. The van der Waals surface area contributed by atoms with Gasteiger partial charge in [0.1, 0.15) is 0 Å². The summed E-state index contributed by atoms with van der Waals surface area (Å²) in [6.45, 7) is 4.39. The van der Waals surface area contributed by atoms with Gasteiger partial charge in [-0.1, -0.05) is 24.6 Å². The maximum Gasteiger partial charge on any atom is 0.0202 e. The monoisotopic (exact) mass is 249 g/mol. The number of nitrogens with two attached hydrogens (primary N) is 1. The van der Waals surface area contributed by atoms with Crippen molar-refractivity contribution in [2.24, 2.45) is 5.73 Å². The van der Waals surface area contributed by atoms with Crippen LogP contribution in [0.15, 0.2) is 18.2 Å². The van der Waals surface area contributed by atoms with Crippen LogP contribution in [0.3, 0.4) is 0 Å². The zero-order chi connectivity index (χ0) is 12.3. The van der Waals surface area contributed by atoms with E-state index in [1.807, 2.05) is 0 Å². The summed E-state index contributed by atoms with van der Waals surface area (Å²) < 4.78 is 0. The molecule has 1 aliphatic heterocycles. The summed E-state index contributed by atoms with van der Waals surface area (Å²) in [6.07, 6.45) is 5.07. The van der Waals surface area contributed by atoms with Crippen molar-refractivity contribution >= 4 is 11.8 Å². The van der Waals surface area contributed by atoms with Gasteiger partial charge in [-0.3, -0.25) is 0 Å². The first-order valence-electron chi connectivity index (χ1n) is 6.61. The highest BCUT2D eigenvalue weighted by Crippen LogP contribution is 2.29. The quantitative estimate of drug-likeness (QED) is 0.888. The first kappa shape index (κ1) is 13.0. The SMILES string of the molecule is Cc1cccc(C)c1CC(N)C1CCCCS1. The Morgan fingerprint density at radius 1 is 1.29 bits per heavy atom. The molecule has 1 aliphatic rings. The highest BCUT2D eigenvalue weighted by molar-refractivity contribution is 8.00. The first-order valence-corrected chi connectivity index (χ1v) is 7.65. The summed E-state index contributed by atoms with van der Waals surface area (Å²) in [5, 5.41) is 0.669. The Bertz CT molecular complexity index is 349. The van der Waals surface area contributed by atoms with Crippen molar-refractivity contribution in [3.63, 3.8) is 0 Å². The van der Waals surface area contributed by atoms with Crippen LogP contribution in [0.5, 0.6) is 0 Å². The lowest BCUT2D eigenvalue weighted by Gasteiger charge is -2.28. The van der Waals surface area contributed by atoms with Crippen LogP contribution in [-0.2, 0) is 6.42 Å². The van der Waals surface area contributed by atoms with Gasteiger partial charge in [-0.25, -0.2) is 0 Å². The number of hydrogen-bond acceptors (Lipinski definition) is 2. The summed E-state index contributed by atoms with van der Waals surface area (Å²) in [5.41, 5.74) is 10.6. The van der Waals surface area contributed by atoms with E-state index in [9.17, 15) is 0 Å². The zero-order valence-electron chi connectivity index (χ0n) is 10.9. The van der Waals surface area contributed by atoms with Crippen LogP contribution >= 0.6 is 11.8 Å². The van der Waals surface area contributed by atoms with Gasteiger partial charge in [0.25, 0.3) is 0 Å². The third kappa shape index (κ3) is 3.26. The van der Waals surface area contributed by atoms with E-state index in [0.717, 1.165) is 6.42 Å². The number of rotatable bonds is 3. The molecule has 1 nitrogen and oxygen atoms in total. The molecule has 0 amide bonds. The van der Waals surface area contributed by atoms with Crippen LogP contribution in [0.4, 0.5) is 0 Å². The Labute approximate surface area is 109 Å². The fourth-order valence-corrected chi connectivity index (χ4v) is 3.99. The van der Waals surface area contributed by atoms with E-state index in [1.54, 1.807) is 0 Å². The molecule has 2 heteroatoms. The van der Waals surface area contributed by atoms with Gasteiger partial charge in [-0.2, -0.15) is 11.8 Å². The molecule has 0 aromatic heterocycles. The second-order valence-electron chi connectivity index (χ2n) is 5.14. The Balaban J connectivity index is 2.04. The lowest BCUT2D eigenvalue weighted by Crippen LogP contribution is -2.36. The molecule has 17 heavy (non-hydrogen) atoms. The van der Waals surface area contributed by atoms with Crippen LogP contribution in [-0.4, -0.2) is 17.0 Å². The van der Waals surface area contributed by atoms with Crippen LogP contribution in [0.2, 0.25) is 0 Å². The molecule has 1 saturated heterocycles. The van der Waals surface area contributed by atoms with E-state index in [-0.39, 0.29) is 0 Å². The molecule has 94 valence electrons. The standard InChI is InChI=1S/C15H23NS/c1-11-6-5-7-12(2)13(11)10-14(16)15-8-3-4-9-17-15/h5-7,14-15H,3-4,8-10,16H2,1-2H3. The Morgan fingerprint density at radius 2 is 2.00 bits per heavy atom. The Hall–Kier alpha value is -0.470. The molecule has 0 spiro atoms. The Kier molecular flexibility index (Phi) is 4.52. The molecule has 2 N–H and O–H groups in total. The fraction of sp³-hybridized carbons (Fsp3) is 0.600. The molecule has 0 saturated carbocycles. The topological polar surface area (TPSA) is 26.0 Å². The van der Waals surface area contributed by atoms with E-state index < -0.39 is 0 Å². The second-order valence-corrected chi connectivity index (χ2v) is 6.49. The molecular formula is C15H23NS. The van der Waals surface area contributed by atoms with Gasteiger partial charge in [-0.05, 0) is 55.6 Å². The minimum Gasteiger partial charge on any atom is -0.326 e. The number of thioether (sulfide) groups is 1. The smallest absolute Gasteiger partial charge is 0.0202 e. The number of benzene rings is 1. The molecule has 1 aromatic rings. The van der Waals surface area contributed by atoms with Crippen LogP contribution < -0.4 is 5.73 Å². The summed E-state index contributed by atoms with van der Waals surface area (Å²) in [7, 11) is 0. The molecule has 0 radical (unpaired) electrons. The van der Waals surface area contributed by atoms with Gasteiger partial charge in [0.15, 0.2) is 0 Å². The average Bonchev–Trinajstić information content (AvgIpc) is 2.35. The molecule has 2 unspecified atom stereocenters. The van der Waals surface area contributed by atoms with E-state index in [0.29, 0.717) is 11.3 Å². The van der Waals surface area contributed by atoms with Crippen molar-refractivity contribution < 1.29 is 0 Å². The predicted octanol–water partition coefficient (Wildman–Crippen LogP) is 3.46. The molecular weight excluding hydrogens is 226 g/mol.